The van der Waals surface area contributed by atoms with E-state index >= 15 is 0 Å². The molecule has 0 bridgehead atoms. The summed E-state index contributed by atoms with van der Waals surface area (Å²) in [5, 5.41) is 13.1. The van der Waals surface area contributed by atoms with Crippen LogP contribution >= 0.6 is 11.3 Å². The van der Waals surface area contributed by atoms with E-state index in [1.54, 1.807) is 4.90 Å². The average molecular weight is 444 g/mol. The molecule has 8 nitrogen and oxygen atoms in total. The number of aromatic nitrogens is 2. The van der Waals surface area contributed by atoms with Crippen molar-refractivity contribution in [2.24, 2.45) is 5.92 Å². The molecule has 0 aliphatic carbocycles. The maximum atomic E-state index is 12.6. The topological polar surface area (TPSA) is 87.7 Å². The Labute approximate surface area is 186 Å². The Morgan fingerprint density at radius 2 is 1.90 bits per heavy atom. The average Bonchev–Trinajstić information content (AvgIpc) is 3.44. The number of carbonyl (C=O) groups is 2. The van der Waals surface area contributed by atoms with Crippen molar-refractivity contribution >= 4 is 33.4 Å². The molecule has 2 saturated heterocycles. The number of nitrogens with one attached hydrogen (secondary N) is 1. The lowest BCUT2D eigenvalue weighted by molar-refractivity contribution is -0.125. The zero-order valence-electron chi connectivity index (χ0n) is 17.9. The zero-order chi connectivity index (χ0) is 21.6. The Bertz CT molecular complexity index is 893. The van der Waals surface area contributed by atoms with Gasteiger partial charge in [0.25, 0.3) is 0 Å². The van der Waals surface area contributed by atoms with Gasteiger partial charge in [-0.05, 0) is 50.3 Å². The molecule has 2 aliphatic heterocycles. The van der Waals surface area contributed by atoms with Gasteiger partial charge in [0.1, 0.15) is 5.75 Å². The van der Waals surface area contributed by atoms with Crippen LogP contribution in [0.4, 0.5) is 10.3 Å². The largest absolute Gasteiger partial charge is 0.494 e. The zero-order valence-corrected chi connectivity index (χ0v) is 18.7. The lowest BCUT2D eigenvalue weighted by Crippen LogP contribution is -2.41. The molecule has 2 amide bonds. The summed E-state index contributed by atoms with van der Waals surface area (Å²) in [6.07, 6.45) is 3.87. The van der Waals surface area contributed by atoms with E-state index in [1.165, 1.54) is 16.9 Å². The van der Waals surface area contributed by atoms with Gasteiger partial charge in [0, 0.05) is 38.5 Å². The van der Waals surface area contributed by atoms with Crippen LogP contribution in [0.3, 0.4) is 0 Å². The quantitative estimate of drug-likeness (QED) is 0.675. The molecule has 1 N–H and O–H groups in total. The predicted octanol–water partition coefficient (Wildman–Crippen LogP) is 2.64. The number of anilines is 2. The highest BCUT2D eigenvalue weighted by molar-refractivity contribution is 7.19. The van der Waals surface area contributed by atoms with E-state index in [1.807, 2.05) is 31.2 Å². The minimum atomic E-state index is 0.0316. The van der Waals surface area contributed by atoms with Crippen molar-refractivity contribution in [2.75, 3.05) is 42.6 Å². The Morgan fingerprint density at radius 1 is 1.16 bits per heavy atom. The van der Waals surface area contributed by atoms with Gasteiger partial charge in [-0.1, -0.05) is 23.5 Å². The maximum Gasteiger partial charge on any atom is 0.228 e. The highest BCUT2D eigenvalue weighted by Crippen LogP contribution is 2.32. The van der Waals surface area contributed by atoms with Gasteiger partial charge in [-0.15, -0.1) is 10.2 Å². The smallest absolute Gasteiger partial charge is 0.228 e. The fourth-order valence-corrected chi connectivity index (χ4v) is 4.96. The number of ether oxygens (including phenoxy) is 1. The molecule has 166 valence electrons. The van der Waals surface area contributed by atoms with Crippen LogP contribution in [-0.2, 0) is 16.0 Å². The third kappa shape index (κ3) is 5.33. The molecular formula is C22H29N5O3S. The van der Waals surface area contributed by atoms with E-state index in [-0.39, 0.29) is 17.7 Å². The molecule has 4 rings (SSSR count). The molecule has 0 radical (unpaired) electrons. The number of rotatable bonds is 8. The fraction of sp³-hybridized carbons (Fsp3) is 0.545. The van der Waals surface area contributed by atoms with E-state index in [9.17, 15) is 9.59 Å². The van der Waals surface area contributed by atoms with Gasteiger partial charge >= 0.3 is 0 Å². The van der Waals surface area contributed by atoms with Crippen LogP contribution in [0.2, 0.25) is 0 Å². The first kappa shape index (κ1) is 21.5. The van der Waals surface area contributed by atoms with Crippen LogP contribution in [0.15, 0.2) is 24.3 Å². The third-order valence-electron chi connectivity index (χ3n) is 5.79. The molecule has 0 saturated carbocycles. The normalized spacial score (nSPS) is 17.3. The molecule has 1 aromatic carbocycles. The highest BCUT2D eigenvalue weighted by atomic mass is 32.1. The van der Waals surface area contributed by atoms with Crippen LogP contribution in [0.1, 0.15) is 38.2 Å². The number of piperidine rings is 1. The van der Waals surface area contributed by atoms with Crippen molar-refractivity contribution in [1.29, 1.82) is 0 Å². The van der Waals surface area contributed by atoms with Crippen LogP contribution in [0.5, 0.6) is 5.75 Å². The van der Waals surface area contributed by atoms with Crippen molar-refractivity contribution in [3.05, 3.63) is 29.8 Å². The SMILES string of the molecule is CCOc1ccc(CCNC(=O)C2CCN(c3nnc(N4CCCC4=O)s3)CC2)cc1. The molecule has 0 unspecified atom stereocenters. The van der Waals surface area contributed by atoms with E-state index in [4.69, 9.17) is 4.74 Å². The van der Waals surface area contributed by atoms with Crippen LogP contribution in [0, 0.1) is 5.92 Å². The Kier molecular flexibility index (Phi) is 7.01. The summed E-state index contributed by atoms with van der Waals surface area (Å²) in [5.74, 6) is 1.16. The predicted molar refractivity (Wildman–Crippen MR) is 121 cm³/mol. The first-order valence-corrected chi connectivity index (χ1v) is 11.8. The Morgan fingerprint density at radius 3 is 2.58 bits per heavy atom. The fourth-order valence-electron chi connectivity index (χ4n) is 4.02. The van der Waals surface area contributed by atoms with Gasteiger partial charge in [0.2, 0.25) is 22.1 Å². The molecule has 3 heterocycles. The number of carbonyl (C=O) groups excluding carboxylic acids is 2. The Hall–Kier alpha value is -2.68. The second-order valence-corrected chi connectivity index (χ2v) is 8.83. The molecular weight excluding hydrogens is 414 g/mol. The first-order chi connectivity index (χ1) is 15.1. The second kappa shape index (κ2) is 10.1. The summed E-state index contributed by atoms with van der Waals surface area (Å²) >= 11 is 1.46. The summed E-state index contributed by atoms with van der Waals surface area (Å²) in [6, 6.07) is 8.02. The summed E-state index contributed by atoms with van der Waals surface area (Å²) < 4.78 is 5.46. The molecule has 0 atom stereocenters. The molecule has 2 aliphatic rings. The van der Waals surface area contributed by atoms with Gasteiger partial charge in [0.05, 0.1) is 6.61 Å². The van der Waals surface area contributed by atoms with Gasteiger partial charge in [-0.2, -0.15) is 0 Å². The van der Waals surface area contributed by atoms with E-state index in [2.05, 4.69) is 20.4 Å². The highest BCUT2D eigenvalue weighted by Gasteiger charge is 2.29. The molecule has 31 heavy (non-hydrogen) atoms. The maximum absolute atomic E-state index is 12.6. The third-order valence-corrected chi connectivity index (χ3v) is 6.80. The van der Waals surface area contributed by atoms with E-state index < -0.39 is 0 Å². The van der Waals surface area contributed by atoms with Gasteiger partial charge < -0.3 is 15.0 Å². The monoisotopic (exact) mass is 443 g/mol. The van der Waals surface area contributed by atoms with E-state index in [0.29, 0.717) is 24.7 Å². The number of amides is 2. The number of hydrogen-bond donors (Lipinski definition) is 1. The lowest BCUT2D eigenvalue weighted by Gasteiger charge is -2.30. The molecule has 2 aromatic rings. The summed E-state index contributed by atoms with van der Waals surface area (Å²) in [6.45, 7) is 5.55. The van der Waals surface area contributed by atoms with Gasteiger partial charge in [0.15, 0.2) is 0 Å². The van der Waals surface area contributed by atoms with Gasteiger partial charge in [-0.3, -0.25) is 14.5 Å². The minimum absolute atomic E-state index is 0.0316. The summed E-state index contributed by atoms with van der Waals surface area (Å²) in [4.78, 5) is 28.4. The van der Waals surface area contributed by atoms with Crippen LogP contribution in [-0.4, -0.2) is 54.8 Å². The Balaban J connectivity index is 1.20. The molecule has 0 spiro atoms. The van der Waals surface area contributed by atoms with Crippen molar-refractivity contribution < 1.29 is 14.3 Å². The number of benzene rings is 1. The second-order valence-electron chi connectivity index (χ2n) is 7.90. The van der Waals surface area contributed by atoms with Crippen LogP contribution < -0.4 is 19.9 Å². The minimum Gasteiger partial charge on any atom is -0.494 e. The summed E-state index contributed by atoms with van der Waals surface area (Å²) in [5.41, 5.74) is 1.18. The van der Waals surface area contributed by atoms with Crippen molar-refractivity contribution in [3.8, 4) is 5.75 Å². The first-order valence-electron chi connectivity index (χ1n) is 11.0. The van der Waals surface area contributed by atoms with E-state index in [0.717, 1.165) is 56.2 Å². The molecule has 1 aromatic heterocycles. The molecule has 2 fully saturated rings. The van der Waals surface area contributed by atoms with Gasteiger partial charge in [-0.25, -0.2) is 0 Å². The number of nitrogens with zero attached hydrogens (tertiary/aromatic N) is 4. The standard InChI is InChI=1S/C22H29N5O3S/c1-2-30-18-7-5-16(6-8-18)9-12-23-20(29)17-10-14-26(15-11-17)21-24-25-22(31-21)27-13-3-4-19(27)28/h5-8,17H,2-4,9-15H2,1H3,(H,23,29). The van der Waals surface area contributed by atoms with Crippen LogP contribution in [0.25, 0.3) is 0 Å². The van der Waals surface area contributed by atoms with Crippen molar-refractivity contribution in [2.45, 2.75) is 39.0 Å². The summed E-state index contributed by atoms with van der Waals surface area (Å²) in [7, 11) is 0. The molecule has 9 heteroatoms. The lowest BCUT2D eigenvalue weighted by atomic mass is 9.96. The van der Waals surface area contributed by atoms with Crippen molar-refractivity contribution in [1.82, 2.24) is 15.5 Å². The number of hydrogen-bond acceptors (Lipinski definition) is 7. The van der Waals surface area contributed by atoms with Crippen molar-refractivity contribution in [3.63, 3.8) is 0 Å².